The molecule has 0 bridgehead atoms. The molecule has 0 atom stereocenters. The first-order valence-corrected chi connectivity index (χ1v) is 11.2. The SMILES string of the molecule is COCCC(=O)N1C(=O)C(c2cn(C)c3ccccc23)=C(c2cn(C)c3cc([N+](=O)[O-])ccc23)C1=O. The zero-order valence-electron chi connectivity index (χ0n) is 19.8. The molecule has 0 fully saturated rings. The van der Waals surface area contributed by atoms with Crippen LogP contribution in [0.25, 0.3) is 33.0 Å². The third kappa shape index (κ3) is 3.42. The predicted octanol–water partition coefficient (Wildman–Crippen LogP) is 3.42. The van der Waals surface area contributed by atoms with Gasteiger partial charge in [-0.2, -0.15) is 0 Å². The lowest BCUT2D eigenvalue weighted by Crippen LogP contribution is -2.38. The molecule has 0 N–H and O–H groups in total. The Morgan fingerprint density at radius 3 is 2.11 bits per heavy atom. The molecule has 0 radical (unpaired) electrons. The lowest BCUT2D eigenvalue weighted by Gasteiger charge is -2.12. The van der Waals surface area contributed by atoms with Crippen molar-refractivity contribution >= 4 is 56.4 Å². The Morgan fingerprint density at radius 2 is 1.50 bits per heavy atom. The number of ether oxygens (including phenoxy) is 1. The highest BCUT2D eigenvalue weighted by Gasteiger charge is 2.44. The number of non-ortho nitro benzene ring substituents is 1. The summed E-state index contributed by atoms with van der Waals surface area (Å²) in [7, 11) is 4.98. The highest BCUT2D eigenvalue weighted by molar-refractivity contribution is 6.53. The minimum atomic E-state index is -0.727. The summed E-state index contributed by atoms with van der Waals surface area (Å²) < 4.78 is 8.49. The smallest absolute Gasteiger partial charge is 0.271 e. The topological polar surface area (TPSA) is 117 Å². The number of methoxy groups -OCH3 is 1. The quantitative estimate of drug-likeness (QED) is 0.234. The number of aryl methyl sites for hydroxylation is 2. The third-order valence-electron chi connectivity index (χ3n) is 6.47. The van der Waals surface area contributed by atoms with Crippen LogP contribution in [0.3, 0.4) is 0 Å². The Morgan fingerprint density at radius 1 is 0.917 bits per heavy atom. The van der Waals surface area contributed by atoms with Gasteiger partial charge in [0.1, 0.15) is 0 Å². The van der Waals surface area contributed by atoms with Crippen molar-refractivity contribution in [2.45, 2.75) is 6.42 Å². The number of hydrogen-bond donors (Lipinski definition) is 0. The molecule has 1 aliphatic rings. The van der Waals surface area contributed by atoms with Crippen molar-refractivity contribution < 1.29 is 24.0 Å². The first kappa shape index (κ1) is 23.2. The summed E-state index contributed by atoms with van der Waals surface area (Å²) in [6, 6.07) is 11.8. The second kappa shape index (κ2) is 8.58. The van der Waals surface area contributed by atoms with Crippen LogP contribution in [0, 0.1) is 10.1 Å². The number of rotatable bonds is 6. The Hall–Kier alpha value is -4.57. The molecule has 10 heteroatoms. The number of amides is 3. The molecule has 0 aliphatic carbocycles. The Labute approximate surface area is 205 Å². The van der Waals surface area contributed by atoms with Gasteiger partial charge >= 0.3 is 0 Å². The van der Waals surface area contributed by atoms with Gasteiger partial charge in [-0.25, -0.2) is 4.90 Å². The van der Waals surface area contributed by atoms with Crippen LogP contribution in [0.5, 0.6) is 0 Å². The maximum absolute atomic E-state index is 13.7. The summed E-state index contributed by atoms with van der Waals surface area (Å²) >= 11 is 0. The lowest BCUT2D eigenvalue weighted by atomic mass is 9.95. The molecule has 1 aliphatic heterocycles. The van der Waals surface area contributed by atoms with Crippen LogP contribution in [0.4, 0.5) is 5.69 Å². The molecule has 4 aromatic rings. The van der Waals surface area contributed by atoms with E-state index < -0.39 is 22.6 Å². The maximum Gasteiger partial charge on any atom is 0.271 e. The number of carbonyl (C=O) groups excluding carboxylic acids is 3. The van der Waals surface area contributed by atoms with E-state index in [1.54, 1.807) is 30.1 Å². The van der Waals surface area contributed by atoms with E-state index in [4.69, 9.17) is 4.74 Å². The van der Waals surface area contributed by atoms with Crippen LogP contribution >= 0.6 is 0 Å². The molecular formula is C26H22N4O6. The van der Waals surface area contributed by atoms with Crippen molar-refractivity contribution in [2.75, 3.05) is 13.7 Å². The van der Waals surface area contributed by atoms with Gasteiger partial charge < -0.3 is 13.9 Å². The summed E-state index contributed by atoms with van der Waals surface area (Å²) in [6.07, 6.45) is 3.29. The third-order valence-corrected chi connectivity index (χ3v) is 6.47. The largest absolute Gasteiger partial charge is 0.384 e. The Balaban J connectivity index is 1.79. The van der Waals surface area contributed by atoms with Crippen LogP contribution in [0.2, 0.25) is 0 Å². The number of para-hydroxylation sites is 1. The fourth-order valence-corrected chi connectivity index (χ4v) is 4.78. The molecule has 182 valence electrons. The van der Waals surface area contributed by atoms with Gasteiger partial charge in [0.05, 0.1) is 34.6 Å². The fraction of sp³-hybridized carbons (Fsp3) is 0.192. The van der Waals surface area contributed by atoms with Crippen molar-refractivity contribution in [1.82, 2.24) is 14.0 Å². The molecule has 2 aromatic carbocycles. The Kier molecular flexibility index (Phi) is 5.52. The first-order valence-electron chi connectivity index (χ1n) is 11.2. The van der Waals surface area contributed by atoms with Gasteiger partial charge in [0.25, 0.3) is 17.5 Å². The molecule has 36 heavy (non-hydrogen) atoms. The highest BCUT2D eigenvalue weighted by Crippen LogP contribution is 2.42. The van der Waals surface area contributed by atoms with Gasteiger partial charge in [-0.1, -0.05) is 18.2 Å². The minimum Gasteiger partial charge on any atom is -0.384 e. The second-order valence-corrected chi connectivity index (χ2v) is 8.62. The van der Waals surface area contributed by atoms with Gasteiger partial charge in [-0.3, -0.25) is 24.5 Å². The maximum atomic E-state index is 13.7. The minimum absolute atomic E-state index is 0.0623. The van der Waals surface area contributed by atoms with Crippen LogP contribution in [0.1, 0.15) is 17.5 Å². The van der Waals surface area contributed by atoms with E-state index >= 15 is 0 Å². The number of aromatic nitrogens is 2. The second-order valence-electron chi connectivity index (χ2n) is 8.62. The summed E-state index contributed by atoms with van der Waals surface area (Å²) in [4.78, 5) is 51.9. The highest BCUT2D eigenvalue weighted by atomic mass is 16.6. The zero-order valence-corrected chi connectivity index (χ0v) is 19.8. The number of benzene rings is 2. The van der Waals surface area contributed by atoms with Crippen molar-refractivity contribution in [3.05, 3.63) is 76.1 Å². The molecule has 3 heterocycles. The van der Waals surface area contributed by atoms with E-state index in [9.17, 15) is 24.5 Å². The average Bonchev–Trinajstić information content (AvgIpc) is 3.45. The van der Waals surface area contributed by atoms with Crippen LogP contribution in [-0.2, 0) is 33.2 Å². The monoisotopic (exact) mass is 486 g/mol. The number of nitro benzene ring substituents is 1. The average molecular weight is 486 g/mol. The van der Waals surface area contributed by atoms with Gasteiger partial charge in [0.2, 0.25) is 5.91 Å². The molecule has 0 saturated carbocycles. The number of imide groups is 3. The summed E-state index contributed by atoms with van der Waals surface area (Å²) in [5.41, 5.74) is 2.44. The molecule has 2 aromatic heterocycles. The Bertz CT molecular complexity index is 1640. The number of nitro groups is 1. The van der Waals surface area contributed by atoms with E-state index in [2.05, 4.69) is 0 Å². The number of fused-ring (bicyclic) bond motifs is 2. The molecule has 3 amide bonds. The van der Waals surface area contributed by atoms with Crippen LogP contribution in [-0.4, -0.2) is 50.4 Å². The molecule has 5 rings (SSSR count). The summed E-state index contributed by atoms with van der Waals surface area (Å²) in [6.45, 7) is 0.0623. The summed E-state index contributed by atoms with van der Waals surface area (Å²) in [5.74, 6) is -2.09. The van der Waals surface area contributed by atoms with E-state index in [1.807, 2.05) is 35.9 Å². The standard InChI is InChI=1S/C26H22N4O6/c1-27-13-18(16-6-4-5-7-20(16)27)23-24(26(33)29(25(23)32)22(31)10-11-36-3)19-14-28(2)21-12-15(30(34)35)8-9-17(19)21/h4-9,12-14H,10-11H2,1-3H3. The molecule has 0 saturated heterocycles. The van der Waals surface area contributed by atoms with Gasteiger partial charge in [0, 0.05) is 73.1 Å². The van der Waals surface area contributed by atoms with E-state index in [1.165, 1.54) is 19.2 Å². The molecular weight excluding hydrogens is 464 g/mol. The molecule has 0 spiro atoms. The zero-order chi connectivity index (χ0) is 25.7. The van der Waals surface area contributed by atoms with E-state index in [-0.39, 0.29) is 29.9 Å². The van der Waals surface area contributed by atoms with Gasteiger partial charge in [-0.15, -0.1) is 0 Å². The fourth-order valence-electron chi connectivity index (χ4n) is 4.78. The predicted molar refractivity (Wildman–Crippen MR) is 133 cm³/mol. The van der Waals surface area contributed by atoms with E-state index in [0.29, 0.717) is 26.9 Å². The van der Waals surface area contributed by atoms with Gasteiger partial charge in [-0.05, 0) is 12.1 Å². The number of nitrogens with zero attached hydrogens (tertiary/aromatic N) is 4. The van der Waals surface area contributed by atoms with E-state index in [0.717, 1.165) is 10.9 Å². The van der Waals surface area contributed by atoms with Crippen molar-refractivity contribution in [3.63, 3.8) is 0 Å². The lowest BCUT2D eigenvalue weighted by molar-refractivity contribution is -0.384. The first-order chi connectivity index (χ1) is 17.2. The molecule has 10 nitrogen and oxygen atoms in total. The van der Waals surface area contributed by atoms with Crippen molar-refractivity contribution in [2.24, 2.45) is 14.1 Å². The van der Waals surface area contributed by atoms with Crippen LogP contribution < -0.4 is 0 Å². The number of carbonyl (C=O) groups is 3. The van der Waals surface area contributed by atoms with Crippen LogP contribution in [0.15, 0.2) is 54.9 Å². The summed E-state index contributed by atoms with van der Waals surface area (Å²) in [5, 5.41) is 12.6. The molecule has 0 unspecified atom stereocenters. The number of hydrogen-bond acceptors (Lipinski definition) is 6. The normalized spacial score (nSPS) is 14.0. The van der Waals surface area contributed by atoms with Crippen molar-refractivity contribution in [3.8, 4) is 0 Å². The van der Waals surface area contributed by atoms with Crippen molar-refractivity contribution in [1.29, 1.82) is 0 Å². The van der Waals surface area contributed by atoms with Gasteiger partial charge in [0.15, 0.2) is 0 Å².